The lowest BCUT2D eigenvalue weighted by molar-refractivity contribution is -0.125. The van der Waals surface area contributed by atoms with E-state index < -0.39 is 6.10 Å². The largest absolute Gasteiger partial charge is 0.481 e. The first-order chi connectivity index (χ1) is 11.4. The minimum absolute atomic E-state index is 0.263. The number of nitrogens with one attached hydrogen (secondary N) is 2. The van der Waals surface area contributed by atoms with Gasteiger partial charge >= 0.3 is 0 Å². The Morgan fingerprint density at radius 3 is 2.25 bits per heavy atom. The van der Waals surface area contributed by atoms with Gasteiger partial charge in [-0.25, -0.2) is 0 Å². The Kier molecular flexibility index (Phi) is 5.93. The summed E-state index contributed by atoms with van der Waals surface area (Å²) in [4.78, 5) is 12.2. The minimum Gasteiger partial charge on any atom is -0.481 e. The van der Waals surface area contributed by atoms with Gasteiger partial charge in [0, 0.05) is 5.69 Å². The standard InChI is InChI=1S/C19H22N2O2S/c1-12-10-13(2)17(14(3)11-12)20-19(24)21-18(22)15(4)23-16-8-6-5-7-9-16/h5-11,15H,1-4H3,(H2,20,21,22,24)/t15-/m1/s1. The quantitative estimate of drug-likeness (QED) is 0.828. The van der Waals surface area contributed by atoms with Gasteiger partial charge < -0.3 is 10.1 Å². The van der Waals surface area contributed by atoms with Gasteiger partial charge in [0.2, 0.25) is 0 Å². The minimum atomic E-state index is -0.646. The number of rotatable bonds is 4. The number of anilines is 1. The maximum Gasteiger partial charge on any atom is 0.266 e. The van der Waals surface area contributed by atoms with Crippen LogP contribution in [0.1, 0.15) is 23.6 Å². The fourth-order valence-corrected chi connectivity index (χ4v) is 2.69. The van der Waals surface area contributed by atoms with Gasteiger partial charge in [-0.05, 0) is 63.2 Å². The van der Waals surface area contributed by atoms with E-state index in [4.69, 9.17) is 17.0 Å². The molecule has 0 aliphatic carbocycles. The molecule has 0 saturated heterocycles. The molecule has 0 bridgehead atoms. The molecule has 126 valence electrons. The zero-order valence-electron chi connectivity index (χ0n) is 14.3. The summed E-state index contributed by atoms with van der Waals surface area (Å²) in [6.07, 6.45) is -0.646. The number of para-hydroxylation sites is 1. The maximum atomic E-state index is 12.2. The Morgan fingerprint density at radius 1 is 1.08 bits per heavy atom. The molecule has 0 aliphatic rings. The van der Waals surface area contributed by atoms with Crippen molar-refractivity contribution in [3.8, 4) is 5.75 Å². The van der Waals surface area contributed by atoms with E-state index >= 15 is 0 Å². The highest BCUT2D eigenvalue weighted by Crippen LogP contribution is 2.21. The van der Waals surface area contributed by atoms with E-state index in [0.717, 1.165) is 16.8 Å². The number of ether oxygens (including phenoxy) is 1. The van der Waals surface area contributed by atoms with E-state index in [1.165, 1.54) is 5.56 Å². The van der Waals surface area contributed by atoms with E-state index in [0.29, 0.717) is 5.75 Å². The second-order valence-corrected chi connectivity index (χ2v) is 6.20. The molecule has 1 atom stereocenters. The summed E-state index contributed by atoms with van der Waals surface area (Å²) in [5.74, 6) is 0.350. The van der Waals surface area contributed by atoms with Crippen molar-refractivity contribution in [2.24, 2.45) is 0 Å². The van der Waals surface area contributed by atoms with Crippen LogP contribution in [0, 0.1) is 20.8 Å². The number of hydrogen-bond donors (Lipinski definition) is 2. The summed E-state index contributed by atoms with van der Waals surface area (Å²) < 4.78 is 5.59. The van der Waals surface area contributed by atoms with Crippen molar-refractivity contribution in [1.29, 1.82) is 0 Å². The molecule has 0 saturated carbocycles. The van der Waals surface area contributed by atoms with Crippen LogP contribution >= 0.6 is 12.2 Å². The number of carbonyl (C=O) groups is 1. The van der Waals surface area contributed by atoms with Crippen LogP contribution in [0.25, 0.3) is 0 Å². The zero-order chi connectivity index (χ0) is 17.7. The number of hydrogen-bond acceptors (Lipinski definition) is 3. The van der Waals surface area contributed by atoms with Crippen LogP contribution in [0.4, 0.5) is 5.69 Å². The summed E-state index contributed by atoms with van der Waals surface area (Å²) in [5, 5.41) is 6.04. The normalized spacial score (nSPS) is 11.5. The third-order valence-electron chi connectivity index (χ3n) is 3.58. The zero-order valence-corrected chi connectivity index (χ0v) is 15.2. The Balaban J connectivity index is 1.96. The molecule has 4 nitrogen and oxygen atoms in total. The van der Waals surface area contributed by atoms with Gasteiger partial charge in [-0.15, -0.1) is 0 Å². The van der Waals surface area contributed by atoms with Gasteiger partial charge in [0.25, 0.3) is 5.91 Å². The Morgan fingerprint density at radius 2 is 1.67 bits per heavy atom. The lowest BCUT2D eigenvalue weighted by Gasteiger charge is -2.17. The Hall–Kier alpha value is -2.40. The van der Waals surface area contributed by atoms with Crippen LogP contribution in [0.3, 0.4) is 0 Å². The number of amides is 1. The Labute approximate surface area is 148 Å². The third kappa shape index (κ3) is 4.80. The lowest BCUT2D eigenvalue weighted by atomic mass is 10.1. The van der Waals surface area contributed by atoms with E-state index in [-0.39, 0.29) is 11.0 Å². The van der Waals surface area contributed by atoms with Crippen molar-refractivity contribution in [1.82, 2.24) is 5.32 Å². The predicted molar refractivity (Wildman–Crippen MR) is 102 cm³/mol. The van der Waals surface area contributed by atoms with Gasteiger partial charge in [0.1, 0.15) is 5.75 Å². The van der Waals surface area contributed by atoms with Crippen LogP contribution in [-0.4, -0.2) is 17.1 Å². The SMILES string of the molecule is Cc1cc(C)c(NC(=S)NC(=O)[C@@H](C)Oc2ccccc2)c(C)c1. The van der Waals surface area contributed by atoms with Crippen molar-refractivity contribution in [3.63, 3.8) is 0 Å². The van der Waals surface area contributed by atoms with Crippen molar-refractivity contribution >= 4 is 28.9 Å². The third-order valence-corrected chi connectivity index (χ3v) is 3.78. The summed E-state index contributed by atoms with van der Waals surface area (Å²) in [5.41, 5.74) is 4.27. The molecule has 0 aliphatic heterocycles. The summed E-state index contributed by atoms with van der Waals surface area (Å²) in [6, 6.07) is 13.4. The number of carbonyl (C=O) groups excluding carboxylic acids is 1. The first kappa shape index (κ1) is 17.9. The molecule has 5 heteroatoms. The fraction of sp³-hybridized carbons (Fsp3) is 0.263. The fourth-order valence-electron chi connectivity index (χ4n) is 2.49. The highest BCUT2D eigenvalue weighted by molar-refractivity contribution is 7.80. The van der Waals surface area contributed by atoms with Crippen LogP contribution in [0.2, 0.25) is 0 Å². The highest BCUT2D eigenvalue weighted by atomic mass is 32.1. The van der Waals surface area contributed by atoms with Crippen molar-refractivity contribution < 1.29 is 9.53 Å². The molecule has 1 amide bonds. The summed E-state index contributed by atoms with van der Waals surface area (Å²) in [7, 11) is 0. The number of thiocarbonyl (C=S) groups is 1. The summed E-state index contributed by atoms with van der Waals surface area (Å²) in [6.45, 7) is 7.75. The monoisotopic (exact) mass is 342 g/mol. The van der Waals surface area contributed by atoms with Crippen LogP contribution in [0.5, 0.6) is 5.75 Å². The molecule has 0 aromatic heterocycles. The first-order valence-electron chi connectivity index (χ1n) is 7.78. The molecule has 0 heterocycles. The molecule has 0 fully saturated rings. The topological polar surface area (TPSA) is 50.4 Å². The molecule has 2 rings (SSSR count). The molecule has 2 aromatic carbocycles. The van der Waals surface area contributed by atoms with E-state index in [9.17, 15) is 4.79 Å². The van der Waals surface area contributed by atoms with Crippen LogP contribution < -0.4 is 15.4 Å². The Bertz CT molecular complexity index is 721. The van der Waals surface area contributed by atoms with E-state index in [1.54, 1.807) is 19.1 Å². The average molecular weight is 342 g/mol. The maximum absolute atomic E-state index is 12.2. The first-order valence-corrected chi connectivity index (χ1v) is 8.19. The molecule has 0 radical (unpaired) electrons. The smallest absolute Gasteiger partial charge is 0.266 e. The second-order valence-electron chi connectivity index (χ2n) is 5.79. The average Bonchev–Trinajstić information content (AvgIpc) is 2.51. The lowest BCUT2D eigenvalue weighted by Crippen LogP contribution is -2.42. The van der Waals surface area contributed by atoms with Crippen molar-refractivity contribution in [3.05, 3.63) is 59.2 Å². The predicted octanol–water partition coefficient (Wildman–Crippen LogP) is 3.89. The van der Waals surface area contributed by atoms with Crippen LogP contribution in [-0.2, 0) is 4.79 Å². The molecule has 24 heavy (non-hydrogen) atoms. The van der Waals surface area contributed by atoms with Gasteiger partial charge in [0.15, 0.2) is 11.2 Å². The second kappa shape index (κ2) is 7.93. The van der Waals surface area contributed by atoms with Crippen LogP contribution in [0.15, 0.2) is 42.5 Å². The molecule has 0 unspecified atom stereocenters. The van der Waals surface area contributed by atoms with Gasteiger partial charge in [0.05, 0.1) is 0 Å². The van der Waals surface area contributed by atoms with Gasteiger partial charge in [-0.3, -0.25) is 10.1 Å². The molecule has 2 aromatic rings. The van der Waals surface area contributed by atoms with E-state index in [1.807, 2.05) is 39.0 Å². The van der Waals surface area contributed by atoms with Gasteiger partial charge in [-0.2, -0.15) is 0 Å². The molecular formula is C19H22N2O2S. The summed E-state index contributed by atoms with van der Waals surface area (Å²) >= 11 is 5.25. The number of benzene rings is 2. The highest BCUT2D eigenvalue weighted by Gasteiger charge is 2.16. The molecule has 2 N–H and O–H groups in total. The number of aryl methyl sites for hydroxylation is 3. The van der Waals surface area contributed by atoms with Crippen molar-refractivity contribution in [2.45, 2.75) is 33.8 Å². The molecular weight excluding hydrogens is 320 g/mol. The van der Waals surface area contributed by atoms with E-state index in [2.05, 4.69) is 22.8 Å². The van der Waals surface area contributed by atoms with Gasteiger partial charge in [-0.1, -0.05) is 35.9 Å². The van der Waals surface area contributed by atoms with Crippen molar-refractivity contribution in [2.75, 3.05) is 5.32 Å². The molecule has 0 spiro atoms.